The molecule has 0 saturated carbocycles. The maximum absolute atomic E-state index is 13.7. The number of thiazole rings is 1. The van der Waals surface area contributed by atoms with E-state index >= 15 is 0 Å². The average molecular weight is 575 g/mol. The summed E-state index contributed by atoms with van der Waals surface area (Å²) in [4.78, 5) is 43.4. The van der Waals surface area contributed by atoms with Gasteiger partial charge in [-0.2, -0.15) is 0 Å². The zero-order valence-corrected chi connectivity index (χ0v) is 24.4. The van der Waals surface area contributed by atoms with E-state index in [1.807, 2.05) is 36.7 Å². The van der Waals surface area contributed by atoms with E-state index in [1.165, 1.54) is 17.7 Å². The molecule has 2 aromatic carbocycles. The predicted octanol–water partition coefficient (Wildman–Crippen LogP) is 4.34. The molecule has 10 nitrogen and oxygen atoms in total. The molecule has 0 bridgehead atoms. The predicted molar refractivity (Wildman–Crippen MR) is 158 cm³/mol. The molecule has 2 amide bonds. The van der Waals surface area contributed by atoms with Crippen molar-refractivity contribution in [2.45, 2.75) is 32.5 Å². The first-order valence-electron chi connectivity index (χ1n) is 13.5. The molecule has 1 aliphatic heterocycles. The zero-order chi connectivity index (χ0) is 28.9. The highest BCUT2D eigenvalue weighted by Gasteiger charge is 2.29. The fraction of sp³-hybridized carbons (Fsp3) is 0.367. The van der Waals surface area contributed by atoms with Crippen LogP contribution in [0.2, 0.25) is 0 Å². The summed E-state index contributed by atoms with van der Waals surface area (Å²) in [6.07, 6.45) is 4.98. The first kappa shape index (κ1) is 28.6. The summed E-state index contributed by atoms with van der Waals surface area (Å²) in [6, 6.07) is 12.8. The Morgan fingerprint density at radius 2 is 1.93 bits per heavy atom. The molecular weight excluding hydrogens is 540 g/mol. The molecule has 5 rings (SSSR count). The van der Waals surface area contributed by atoms with Gasteiger partial charge in [0.05, 0.1) is 21.9 Å². The third kappa shape index (κ3) is 6.70. The molecule has 41 heavy (non-hydrogen) atoms. The highest BCUT2D eigenvalue weighted by atomic mass is 32.1. The number of carbonyl (C=O) groups is 2. The van der Waals surface area contributed by atoms with Crippen molar-refractivity contribution in [2.75, 3.05) is 39.2 Å². The van der Waals surface area contributed by atoms with Crippen LogP contribution in [0.3, 0.4) is 0 Å². The second-order valence-corrected chi connectivity index (χ2v) is 11.5. The van der Waals surface area contributed by atoms with Crippen molar-refractivity contribution in [2.24, 2.45) is 5.92 Å². The molecule has 3 heterocycles. The van der Waals surface area contributed by atoms with E-state index < -0.39 is 0 Å². The Morgan fingerprint density at radius 3 is 2.68 bits per heavy atom. The van der Waals surface area contributed by atoms with Crippen LogP contribution in [0.4, 0.5) is 5.69 Å². The van der Waals surface area contributed by atoms with Crippen LogP contribution in [0, 0.1) is 5.92 Å². The third-order valence-corrected chi connectivity index (χ3v) is 8.35. The van der Waals surface area contributed by atoms with Gasteiger partial charge in [0.25, 0.3) is 11.8 Å². The van der Waals surface area contributed by atoms with Gasteiger partial charge in [-0.1, -0.05) is 19.1 Å². The number of nitrogens with one attached hydrogen (secondary N) is 1. The molecule has 3 atom stereocenters. The van der Waals surface area contributed by atoms with Crippen LogP contribution in [-0.4, -0.2) is 82.6 Å². The Hall–Kier alpha value is -3.93. The second-order valence-electron chi connectivity index (χ2n) is 10.4. The summed E-state index contributed by atoms with van der Waals surface area (Å²) in [5, 5.41) is 3.25. The van der Waals surface area contributed by atoms with Gasteiger partial charge in [-0.25, -0.2) is 15.0 Å². The quantitative estimate of drug-likeness (QED) is 0.375. The van der Waals surface area contributed by atoms with E-state index in [2.05, 4.69) is 39.0 Å². The van der Waals surface area contributed by atoms with Crippen molar-refractivity contribution in [3.05, 3.63) is 77.3 Å². The lowest BCUT2D eigenvalue weighted by atomic mass is 10.0. The van der Waals surface area contributed by atoms with Gasteiger partial charge in [0.1, 0.15) is 18.7 Å². The molecule has 0 radical (unpaired) electrons. The van der Waals surface area contributed by atoms with E-state index in [-0.39, 0.29) is 29.9 Å². The van der Waals surface area contributed by atoms with Crippen LogP contribution >= 0.6 is 11.3 Å². The molecule has 11 heteroatoms. The number of likely N-dealkylation sites (N-methyl/N-ethyl adjacent to an activating group) is 1. The van der Waals surface area contributed by atoms with Crippen LogP contribution < -0.4 is 10.1 Å². The smallest absolute Gasteiger partial charge is 0.284 e. The number of ether oxygens (including phenoxy) is 2. The lowest BCUT2D eigenvalue weighted by Gasteiger charge is -2.36. The molecule has 0 spiro atoms. The number of hydrogen-bond donors (Lipinski definition) is 1. The highest BCUT2D eigenvalue weighted by molar-refractivity contribution is 7.20. The second kappa shape index (κ2) is 12.7. The lowest BCUT2D eigenvalue weighted by Crippen LogP contribution is -2.46. The van der Waals surface area contributed by atoms with Gasteiger partial charge < -0.3 is 19.7 Å². The molecule has 214 valence electrons. The number of para-hydroxylation sites is 1. The van der Waals surface area contributed by atoms with Gasteiger partial charge in [0, 0.05) is 63.5 Å². The minimum Gasteiger partial charge on any atom is -0.491 e. The molecule has 4 aromatic rings. The Kier molecular flexibility index (Phi) is 8.87. The molecule has 0 saturated heterocycles. The SMILES string of the molecule is CO[C@@H]1CN(C)C(=O)c2cc(NC(=O)c3nc4ccccc4s3)ccc2OC[C@H](C)N(Cc2cncnc2)C[C@H]1C. The maximum atomic E-state index is 13.7. The highest BCUT2D eigenvalue weighted by Crippen LogP contribution is 2.28. The summed E-state index contributed by atoms with van der Waals surface area (Å²) in [5.74, 6) is 0.0400. The van der Waals surface area contributed by atoms with E-state index in [9.17, 15) is 9.59 Å². The lowest BCUT2D eigenvalue weighted by molar-refractivity contribution is 0.00918. The number of nitrogens with zero attached hydrogens (tertiary/aromatic N) is 5. The largest absolute Gasteiger partial charge is 0.491 e. The normalized spacial score (nSPS) is 20.5. The molecule has 0 aliphatic carbocycles. The van der Waals surface area contributed by atoms with Gasteiger partial charge in [-0.05, 0) is 43.2 Å². The van der Waals surface area contributed by atoms with E-state index in [0.29, 0.717) is 41.7 Å². The topological polar surface area (TPSA) is 110 Å². The fourth-order valence-electron chi connectivity index (χ4n) is 4.95. The van der Waals surface area contributed by atoms with Crippen molar-refractivity contribution in [1.82, 2.24) is 24.8 Å². The number of hydrogen-bond acceptors (Lipinski definition) is 9. The van der Waals surface area contributed by atoms with Gasteiger partial charge >= 0.3 is 0 Å². The summed E-state index contributed by atoms with van der Waals surface area (Å²) >= 11 is 1.32. The minimum atomic E-state index is -0.330. The summed E-state index contributed by atoms with van der Waals surface area (Å²) < 4.78 is 13.1. The van der Waals surface area contributed by atoms with E-state index in [0.717, 1.165) is 22.3 Å². The molecule has 1 N–H and O–H groups in total. The van der Waals surface area contributed by atoms with Crippen molar-refractivity contribution >= 4 is 39.1 Å². The fourth-order valence-corrected chi connectivity index (χ4v) is 5.81. The van der Waals surface area contributed by atoms with E-state index in [4.69, 9.17) is 9.47 Å². The standard InChI is InChI=1S/C30H34N6O4S/c1-19-14-36(15-21-12-31-18-32-13-21)20(2)17-40-25-10-9-22(11-23(25)30(38)35(3)16-26(19)39-4)33-28(37)29-34-24-7-5-6-8-27(24)41-29/h5-13,18-20,26H,14-17H2,1-4H3,(H,33,37)/t19-,20+,26-/m1/s1. The van der Waals surface area contributed by atoms with Crippen molar-refractivity contribution in [3.8, 4) is 5.75 Å². The van der Waals surface area contributed by atoms with Crippen LogP contribution in [0.1, 0.15) is 39.6 Å². The summed E-state index contributed by atoms with van der Waals surface area (Å²) in [7, 11) is 3.43. The van der Waals surface area contributed by atoms with Crippen LogP contribution in [0.15, 0.2) is 61.2 Å². The average Bonchev–Trinajstić information content (AvgIpc) is 3.43. The first-order chi connectivity index (χ1) is 19.8. The number of aromatic nitrogens is 3. The third-order valence-electron chi connectivity index (χ3n) is 7.32. The number of benzene rings is 2. The molecule has 0 unspecified atom stereocenters. The summed E-state index contributed by atoms with van der Waals surface area (Å²) in [5.41, 5.74) is 2.64. The van der Waals surface area contributed by atoms with E-state index in [1.54, 1.807) is 37.3 Å². The molecular formula is C30H34N6O4S. The Balaban J connectivity index is 1.41. The number of anilines is 1. The number of amides is 2. The number of carbonyl (C=O) groups excluding carboxylic acids is 2. The van der Waals surface area contributed by atoms with Crippen LogP contribution in [0.5, 0.6) is 5.75 Å². The summed E-state index contributed by atoms with van der Waals surface area (Å²) in [6.45, 7) is 6.39. The monoisotopic (exact) mass is 574 g/mol. The first-order valence-corrected chi connectivity index (χ1v) is 14.3. The van der Waals surface area contributed by atoms with Crippen molar-refractivity contribution < 1.29 is 19.1 Å². The number of rotatable bonds is 5. The number of methoxy groups -OCH3 is 1. The van der Waals surface area contributed by atoms with Crippen LogP contribution in [-0.2, 0) is 11.3 Å². The molecule has 1 aliphatic rings. The van der Waals surface area contributed by atoms with Gasteiger partial charge in [-0.3, -0.25) is 14.5 Å². The van der Waals surface area contributed by atoms with Gasteiger partial charge in [-0.15, -0.1) is 11.3 Å². The van der Waals surface area contributed by atoms with Gasteiger partial charge in [0.15, 0.2) is 5.01 Å². The molecule has 0 fully saturated rings. The zero-order valence-electron chi connectivity index (χ0n) is 23.6. The Bertz CT molecular complexity index is 1480. The van der Waals surface area contributed by atoms with Crippen molar-refractivity contribution in [3.63, 3.8) is 0 Å². The van der Waals surface area contributed by atoms with Crippen LogP contribution in [0.25, 0.3) is 10.2 Å². The molecule has 2 aromatic heterocycles. The minimum absolute atomic E-state index is 0.0219. The van der Waals surface area contributed by atoms with Crippen molar-refractivity contribution in [1.29, 1.82) is 0 Å². The maximum Gasteiger partial charge on any atom is 0.284 e. The van der Waals surface area contributed by atoms with Gasteiger partial charge in [0.2, 0.25) is 0 Å². The Morgan fingerprint density at radius 1 is 1.15 bits per heavy atom. The Labute approximate surface area is 243 Å². The number of fused-ring (bicyclic) bond motifs is 2.